The first kappa shape index (κ1) is 19.8. The van der Waals surface area contributed by atoms with Gasteiger partial charge in [0, 0.05) is 24.0 Å². The molecule has 0 atom stereocenters. The summed E-state index contributed by atoms with van der Waals surface area (Å²) in [6.45, 7) is 0.598. The average molecular weight is 423 g/mol. The standard InChI is InChI=1S/C18H18N2O4S3/c1-24-9-10-25-15-6-4-3-5-13(15)17(21)20-18-19-14-8-7-12(27(2,22)23)11-16(14)26-18/h3-8,11H,9-10H2,1-2H3,(H,19,20,21). The smallest absolute Gasteiger partial charge is 0.258 e. The van der Waals surface area contributed by atoms with Crippen molar-refractivity contribution in [1.82, 2.24) is 4.98 Å². The van der Waals surface area contributed by atoms with E-state index >= 15 is 0 Å². The lowest BCUT2D eigenvalue weighted by atomic mass is 10.2. The van der Waals surface area contributed by atoms with Crippen molar-refractivity contribution in [3.05, 3.63) is 48.0 Å². The highest BCUT2D eigenvalue weighted by molar-refractivity contribution is 7.99. The molecule has 142 valence electrons. The number of anilines is 1. The summed E-state index contributed by atoms with van der Waals surface area (Å²) >= 11 is 2.79. The van der Waals surface area contributed by atoms with Gasteiger partial charge in [-0.3, -0.25) is 10.1 Å². The topological polar surface area (TPSA) is 85.4 Å². The summed E-state index contributed by atoms with van der Waals surface area (Å²) in [5.74, 6) is 0.494. The number of thiazole rings is 1. The molecular formula is C18H18N2O4S3. The molecular weight excluding hydrogens is 404 g/mol. The largest absolute Gasteiger partial charge is 0.384 e. The monoisotopic (exact) mass is 422 g/mol. The van der Waals surface area contributed by atoms with E-state index in [0.717, 1.165) is 16.9 Å². The minimum absolute atomic E-state index is 0.233. The molecule has 0 aliphatic carbocycles. The number of carbonyl (C=O) groups excluding carboxylic acids is 1. The number of methoxy groups -OCH3 is 1. The Bertz CT molecular complexity index is 1080. The average Bonchev–Trinajstić information content (AvgIpc) is 3.03. The van der Waals surface area contributed by atoms with Gasteiger partial charge in [-0.1, -0.05) is 23.5 Å². The van der Waals surface area contributed by atoms with Crippen molar-refractivity contribution in [3.8, 4) is 0 Å². The second-order valence-electron chi connectivity index (χ2n) is 5.71. The molecule has 27 heavy (non-hydrogen) atoms. The number of ether oxygens (including phenoxy) is 1. The lowest BCUT2D eigenvalue weighted by molar-refractivity contribution is 0.102. The van der Waals surface area contributed by atoms with E-state index in [9.17, 15) is 13.2 Å². The number of thioether (sulfide) groups is 1. The van der Waals surface area contributed by atoms with Gasteiger partial charge >= 0.3 is 0 Å². The van der Waals surface area contributed by atoms with Crippen molar-refractivity contribution in [2.45, 2.75) is 9.79 Å². The van der Waals surface area contributed by atoms with Crippen LogP contribution in [0.5, 0.6) is 0 Å². The maximum absolute atomic E-state index is 12.7. The Hall–Kier alpha value is -1.94. The van der Waals surface area contributed by atoms with Crippen LogP contribution in [0.1, 0.15) is 10.4 Å². The number of sulfone groups is 1. The van der Waals surface area contributed by atoms with E-state index in [2.05, 4.69) is 10.3 Å². The molecule has 1 amide bonds. The zero-order valence-electron chi connectivity index (χ0n) is 14.8. The third kappa shape index (κ3) is 4.86. The van der Waals surface area contributed by atoms with Gasteiger partial charge < -0.3 is 4.74 Å². The van der Waals surface area contributed by atoms with Crippen LogP contribution in [0.3, 0.4) is 0 Å². The highest BCUT2D eigenvalue weighted by atomic mass is 32.2. The van der Waals surface area contributed by atoms with Crippen LogP contribution in [0, 0.1) is 0 Å². The van der Waals surface area contributed by atoms with Crippen LogP contribution in [-0.2, 0) is 14.6 Å². The first-order valence-corrected chi connectivity index (χ1v) is 11.7. The zero-order valence-corrected chi connectivity index (χ0v) is 17.2. The molecule has 0 bridgehead atoms. The fourth-order valence-electron chi connectivity index (χ4n) is 2.37. The Labute approximate surface area is 165 Å². The number of amides is 1. The summed E-state index contributed by atoms with van der Waals surface area (Å²) in [5, 5.41) is 3.24. The normalized spacial score (nSPS) is 11.6. The number of nitrogens with one attached hydrogen (secondary N) is 1. The van der Waals surface area contributed by atoms with Crippen LogP contribution in [-0.4, -0.2) is 45.0 Å². The summed E-state index contributed by atoms with van der Waals surface area (Å²) in [7, 11) is -1.65. The minimum Gasteiger partial charge on any atom is -0.384 e. The fourth-order valence-corrected chi connectivity index (χ4v) is 4.95. The molecule has 0 aliphatic rings. The van der Waals surface area contributed by atoms with Gasteiger partial charge in [-0.2, -0.15) is 0 Å². The van der Waals surface area contributed by atoms with Gasteiger partial charge in [-0.05, 0) is 30.3 Å². The quantitative estimate of drug-likeness (QED) is 0.462. The Kier molecular flexibility index (Phi) is 6.15. The van der Waals surface area contributed by atoms with Crippen LogP contribution in [0.4, 0.5) is 5.13 Å². The van der Waals surface area contributed by atoms with Crippen molar-refractivity contribution >= 4 is 54.2 Å². The van der Waals surface area contributed by atoms with Crippen LogP contribution in [0.25, 0.3) is 10.2 Å². The molecule has 3 rings (SSSR count). The Morgan fingerprint density at radius 2 is 2.04 bits per heavy atom. The van der Waals surface area contributed by atoms with Gasteiger partial charge in [0.05, 0.1) is 27.3 Å². The van der Waals surface area contributed by atoms with Crippen molar-refractivity contribution < 1.29 is 17.9 Å². The molecule has 1 aromatic heterocycles. The Balaban J connectivity index is 1.82. The fraction of sp³-hybridized carbons (Fsp3) is 0.222. The number of hydrogen-bond acceptors (Lipinski definition) is 7. The number of aromatic nitrogens is 1. The first-order valence-electron chi connectivity index (χ1n) is 8.01. The van der Waals surface area contributed by atoms with Gasteiger partial charge in [0.25, 0.3) is 5.91 Å². The molecule has 0 unspecified atom stereocenters. The maximum Gasteiger partial charge on any atom is 0.258 e. The molecule has 1 N–H and O–H groups in total. The van der Waals surface area contributed by atoms with Crippen LogP contribution < -0.4 is 5.32 Å². The predicted octanol–water partition coefficient (Wildman–Crippen LogP) is 3.69. The predicted molar refractivity (Wildman–Crippen MR) is 110 cm³/mol. The number of benzene rings is 2. The first-order chi connectivity index (χ1) is 12.9. The summed E-state index contributed by atoms with van der Waals surface area (Å²) in [4.78, 5) is 18.2. The van der Waals surface area contributed by atoms with Gasteiger partial charge in [0.15, 0.2) is 15.0 Å². The summed E-state index contributed by atoms with van der Waals surface area (Å²) in [6.07, 6.45) is 1.16. The van der Waals surface area contributed by atoms with Crippen molar-refractivity contribution in [2.24, 2.45) is 0 Å². The Morgan fingerprint density at radius 3 is 2.78 bits per heavy atom. The zero-order chi connectivity index (χ0) is 19.4. The van der Waals surface area contributed by atoms with Crippen LogP contribution >= 0.6 is 23.1 Å². The van der Waals surface area contributed by atoms with E-state index in [-0.39, 0.29) is 10.8 Å². The molecule has 0 saturated heterocycles. The van der Waals surface area contributed by atoms with E-state index < -0.39 is 9.84 Å². The molecule has 2 aromatic carbocycles. The van der Waals surface area contributed by atoms with Crippen LogP contribution in [0.15, 0.2) is 52.3 Å². The number of rotatable bonds is 7. The van der Waals surface area contributed by atoms with Gasteiger partial charge in [-0.25, -0.2) is 13.4 Å². The molecule has 9 heteroatoms. The molecule has 0 spiro atoms. The summed E-state index contributed by atoms with van der Waals surface area (Å²) in [5.41, 5.74) is 1.21. The van der Waals surface area contributed by atoms with Crippen molar-refractivity contribution in [1.29, 1.82) is 0 Å². The highest BCUT2D eigenvalue weighted by Crippen LogP contribution is 2.29. The second kappa shape index (κ2) is 8.39. The van der Waals surface area contributed by atoms with Crippen LogP contribution in [0.2, 0.25) is 0 Å². The molecule has 6 nitrogen and oxygen atoms in total. The molecule has 0 fully saturated rings. The van der Waals surface area contributed by atoms with Gasteiger partial charge in [-0.15, -0.1) is 11.8 Å². The van der Waals surface area contributed by atoms with E-state index in [0.29, 0.717) is 27.5 Å². The van der Waals surface area contributed by atoms with E-state index in [1.165, 1.54) is 17.4 Å². The van der Waals surface area contributed by atoms with Crippen molar-refractivity contribution in [3.63, 3.8) is 0 Å². The van der Waals surface area contributed by atoms with Crippen molar-refractivity contribution in [2.75, 3.05) is 31.0 Å². The molecule has 1 heterocycles. The number of fused-ring (bicyclic) bond motifs is 1. The van der Waals surface area contributed by atoms with E-state index in [1.54, 1.807) is 37.1 Å². The molecule has 3 aromatic rings. The third-order valence-corrected chi connectivity index (χ3v) is 6.77. The lowest BCUT2D eigenvalue weighted by Crippen LogP contribution is -2.12. The Morgan fingerprint density at radius 1 is 1.26 bits per heavy atom. The minimum atomic E-state index is -3.29. The molecule has 0 aliphatic heterocycles. The SMILES string of the molecule is COCCSc1ccccc1C(=O)Nc1nc2ccc(S(C)(=O)=O)cc2s1. The second-order valence-corrected chi connectivity index (χ2v) is 9.90. The van der Waals surface area contributed by atoms with E-state index in [4.69, 9.17) is 4.74 Å². The molecule has 0 saturated carbocycles. The summed E-state index contributed by atoms with van der Waals surface area (Å²) in [6, 6.07) is 12.1. The lowest BCUT2D eigenvalue weighted by Gasteiger charge is -2.08. The molecule has 0 radical (unpaired) electrons. The van der Waals surface area contributed by atoms with Gasteiger partial charge in [0.2, 0.25) is 0 Å². The maximum atomic E-state index is 12.7. The number of nitrogens with zero attached hydrogens (tertiary/aromatic N) is 1. The number of hydrogen-bond donors (Lipinski definition) is 1. The summed E-state index contributed by atoms with van der Waals surface area (Å²) < 4.78 is 29.1. The van der Waals surface area contributed by atoms with E-state index in [1.807, 2.05) is 18.2 Å². The van der Waals surface area contributed by atoms with Gasteiger partial charge in [0.1, 0.15) is 0 Å². The number of carbonyl (C=O) groups is 1. The third-order valence-electron chi connectivity index (χ3n) is 3.69. The highest BCUT2D eigenvalue weighted by Gasteiger charge is 2.15.